The first-order chi connectivity index (χ1) is 27.8. The molecule has 11 aromatic rings. The molecule has 6 aromatic carbocycles. The minimum Gasteiger partial charge on any atom is -0.309 e. The Kier molecular flexibility index (Phi) is 7.35. The van der Waals surface area contributed by atoms with Gasteiger partial charge in [-0.2, -0.15) is 0 Å². The summed E-state index contributed by atoms with van der Waals surface area (Å²) in [6.07, 6.45) is 7.03. The van der Waals surface area contributed by atoms with Crippen molar-refractivity contribution in [3.63, 3.8) is 0 Å². The van der Waals surface area contributed by atoms with Gasteiger partial charge in [-0.3, -0.25) is 9.97 Å². The molecule has 0 aliphatic carbocycles. The summed E-state index contributed by atoms with van der Waals surface area (Å²) in [6, 6.07) is 57.7. The summed E-state index contributed by atoms with van der Waals surface area (Å²) in [5.74, 6) is 1.70. The SMILES string of the molecule is c1ccc(-n2c3ccccc3c3cc(-c4ccc5c(c4)c4ccccc4n5-c4ccc(-c5nc(-c6cccnc6)nc(-c6cccnc6)n5)cc4)ccc32)cc1. The quantitative estimate of drug-likeness (QED) is 0.171. The fourth-order valence-corrected chi connectivity index (χ4v) is 7.95. The molecule has 0 radical (unpaired) electrons. The molecule has 0 aliphatic heterocycles. The molecule has 5 aromatic heterocycles. The predicted octanol–water partition coefficient (Wildman–Crippen LogP) is 11.5. The molecule has 0 spiro atoms. The molecule has 0 bridgehead atoms. The van der Waals surface area contributed by atoms with Crippen molar-refractivity contribution in [2.24, 2.45) is 0 Å². The van der Waals surface area contributed by atoms with Crippen molar-refractivity contribution in [2.75, 3.05) is 0 Å². The van der Waals surface area contributed by atoms with E-state index in [1.54, 1.807) is 24.8 Å². The molecular weight excluding hydrogens is 687 g/mol. The van der Waals surface area contributed by atoms with E-state index in [2.05, 4.69) is 159 Å². The third kappa shape index (κ3) is 5.25. The number of aromatic nitrogens is 7. The maximum Gasteiger partial charge on any atom is 0.165 e. The van der Waals surface area contributed by atoms with E-state index in [1.807, 2.05) is 24.3 Å². The van der Waals surface area contributed by atoms with Gasteiger partial charge in [0.25, 0.3) is 0 Å². The third-order valence-electron chi connectivity index (χ3n) is 10.6. The number of rotatable bonds is 6. The molecular formula is C49H31N7. The van der Waals surface area contributed by atoms with Crippen LogP contribution >= 0.6 is 0 Å². The Bertz CT molecular complexity index is 3170. The minimum absolute atomic E-state index is 0.560. The summed E-state index contributed by atoms with van der Waals surface area (Å²) in [6.45, 7) is 0. The summed E-state index contributed by atoms with van der Waals surface area (Å²) in [7, 11) is 0. The average Bonchev–Trinajstić information content (AvgIpc) is 3.79. The van der Waals surface area contributed by atoms with Crippen LogP contribution in [0.5, 0.6) is 0 Å². The molecule has 0 amide bonds. The number of hydrogen-bond acceptors (Lipinski definition) is 5. The van der Waals surface area contributed by atoms with Crippen molar-refractivity contribution in [1.82, 2.24) is 34.1 Å². The van der Waals surface area contributed by atoms with E-state index in [0.717, 1.165) is 39.1 Å². The topological polar surface area (TPSA) is 74.3 Å². The lowest BCUT2D eigenvalue weighted by Gasteiger charge is -2.11. The van der Waals surface area contributed by atoms with E-state index in [4.69, 9.17) is 15.0 Å². The van der Waals surface area contributed by atoms with Crippen LogP contribution in [0, 0.1) is 0 Å². The monoisotopic (exact) mass is 717 g/mol. The Balaban J connectivity index is 1.01. The molecule has 5 heterocycles. The van der Waals surface area contributed by atoms with Gasteiger partial charge < -0.3 is 9.13 Å². The van der Waals surface area contributed by atoms with Gasteiger partial charge in [-0.1, -0.05) is 66.7 Å². The summed E-state index contributed by atoms with van der Waals surface area (Å²) in [5.41, 5.74) is 11.8. The highest BCUT2D eigenvalue weighted by molar-refractivity contribution is 6.12. The second-order valence-electron chi connectivity index (χ2n) is 13.8. The molecule has 0 atom stereocenters. The van der Waals surface area contributed by atoms with Gasteiger partial charge in [0, 0.05) is 74.4 Å². The Morgan fingerprint density at radius 3 is 1.23 bits per heavy atom. The van der Waals surface area contributed by atoms with E-state index in [9.17, 15) is 0 Å². The summed E-state index contributed by atoms with van der Waals surface area (Å²) in [5, 5.41) is 4.89. The normalized spacial score (nSPS) is 11.6. The second kappa shape index (κ2) is 13.0. The van der Waals surface area contributed by atoms with Crippen LogP contribution < -0.4 is 0 Å². The zero-order valence-electron chi connectivity index (χ0n) is 30.0. The molecule has 0 fully saturated rings. The average molecular weight is 718 g/mol. The number of hydrogen-bond donors (Lipinski definition) is 0. The zero-order valence-corrected chi connectivity index (χ0v) is 30.0. The van der Waals surface area contributed by atoms with E-state index in [-0.39, 0.29) is 0 Å². The third-order valence-corrected chi connectivity index (χ3v) is 10.6. The van der Waals surface area contributed by atoms with Crippen LogP contribution in [-0.4, -0.2) is 34.1 Å². The Morgan fingerprint density at radius 2 is 0.732 bits per heavy atom. The van der Waals surface area contributed by atoms with Crippen molar-refractivity contribution in [2.45, 2.75) is 0 Å². The van der Waals surface area contributed by atoms with Gasteiger partial charge in [0.1, 0.15) is 0 Å². The standard InChI is InChI=1S/C49H31N7/c1-2-12-37(13-3-1)55-43-16-6-4-14-39(43)41-28-33(20-24-45(41)55)34-21-25-46-42(29-34)40-15-5-7-17-44(40)56(46)38-22-18-32(19-23-38)47-52-48(35-10-8-26-50-30-35)54-49(53-47)36-11-9-27-51-31-36/h1-31H. The fraction of sp³-hybridized carbons (Fsp3) is 0. The van der Waals surface area contributed by atoms with Crippen LogP contribution in [0.1, 0.15) is 0 Å². The number of pyridine rings is 2. The molecule has 0 saturated heterocycles. The summed E-state index contributed by atoms with van der Waals surface area (Å²) >= 11 is 0. The Hall–Kier alpha value is -7.77. The maximum atomic E-state index is 4.89. The Labute approximate surface area is 321 Å². The number of fused-ring (bicyclic) bond motifs is 6. The van der Waals surface area contributed by atoms with E-state index in [0.29, 0.717) is 17.5 Å². The van der Waals surface area contributed by atoms with Crippen LogP contribution in [0.4, 0.5) is 0 Å². The lowest BCUT2D eigenvalue weighted by molar-refractivity contribution is 1.07. The van der Waals surface area contributed by atoms with Gasteiger partial charge in [-0.25, -0.2) is 15.0 Å². The molecule has 0 unspecified atom stereocenters. The number of nitrogens with zero attached hydrogens (tertiary/aromatic N) is 7. The molecule has 11 rings (SSSR count). The highest BCUT2D eigenvalue weighted by atomic mass is 15.0. The highest BCUT2D eigenvalue weighted by Crippen LogP contribution is 2.38. The first-order valence-corrected chi connectivity index (χ1v) is 18.6. The van der Waals surface area contributed by atoms with Gasteiger partial charge >= 0.3 is 0 Å². The van der Waals surface area contributed by atoms with Gasteiger partial charge in [0.05, 0.1) is 22.1 Å². The molecule has 7 nitrogen and oxygen atoms in total. The first-order valence-electron chi connectivity index (χ1n) is 18.6. The number of para-hydroxylation sites is 3. The predicted molar refractivity (Wildman–Crippen MR) is 226 cm³/mol. The zero-order chi connectivity index (χ0) is 37.0. The van der Waals surface area contributed by atoms with Crippen LogP contribution in [0.3, 0.4) is 0 Å². The van der Waals surface area contributed by atoms with Crippen LogP contribution in [0.25, 0.3) is 100 Å². The van der Waals surface area contributed by atoms with Gasteiger partial charge in [-0.15, -0.1) is 0 Å². The molecule has 7 heteroatoms. The lowest BCUT2D eigenvalue weighted by atomic mass is 10.0. The van der Waals surface area contributed by atoms with Crippen LogP contribution in [-0.2, 0) is 0 Å². The Morgan fingerprint density at radius 1 is 0.304 bits per heavy atom. The van der Waals surface area contributed by atoms with Crippen molar-refractivity contribution < 1.29 is 0 Å². The van der Waals surface area contributed by atoms with Crippen molar-refractivity contribution >= 4 is 43.6 Å². The van der Waals surface area contributed by atoms with Crippen molar-refractivity contribution in [3.05, 3.63) is 189 Å². The maximum absolute atomic E-state index is 4.89. The van der Waals surface area contributed by atoms with Crippen molar-refractivity contribution in [1.29, 1.82) is 0 Å². The molecule has 262 valence electrons. The smallest absolute Gasteiger partial charge is 0.165 e. The van der Waals surface area contributed by atoms with Crippen LogP contribution in [0.2, 0.25) is 0 Å². The van der Waals surface area contributed by atoms with Crippen LogP contribution in [0.15, 0.2) is 189 Å². The van der Waals surface area contributed by atoms with Gasteiger partial charge in [0.2, 0.25) is 0 Å². The van der Waals surface area contributed by atoms with E-state index in [1.165, 1.54) is 43.7 Å². The van der Waals surface area contributed by atoms with Gasteiger partial charge in [0.15, 0.2) is 17.5 Å². The molecule has 0 aliphatic rings. The van der Waals surface area contributed by atoms with Crippen molar-refractivity contribution in [3.8, 4) is 56.7 Å². The minimum atomic E-state index is 0.560. The molecule has 0 saturated carbocycles. The molecule has 56 heavy (non-hydrogen) atoms. The number of benzene rings is 6. The lowest BCUT2D eigenvalue weighted by Crippen LogP contribution is -2.01. The fourth-order valence-electron chi connectivity index (χ4n) is 7.95. The largest absolute Gasteiger partial charge is 0.309 e. The highest BCUT2D eigenvalue weighted by Gasteiger charge is 2.17. The van der Waals surface area contributed by atoms with E-state index < -0.39 is 0 Å². The summed E-state index contributed by atoms with van der Waals surface area (Å²) in [4.78, 5) is 23.2. The second-order valence-corrected chi connectivity index (χ2v) is 13.8. The van der Waals surface area contributed by atoms with Gasteiger partial charge in [-0.05, 0) is 108 Å². The molecule has 0 N–H and O–H groups in total. The summed E-state index contributed by atoms with van der Waals surface area (Å²) < 4.78 is 4.70. The van der Waals surface area contributed by atoms with E-state index >= 15 is 0 Å². The first kappa shape index (κ1) is 31.7.